The highest BCUT2D eigenvalue weighted by Crippen LogP contribution is 2.38. The summed E-state index contributed by atoms with van der Waals surface area (Å²) in [5.41, 5.74) is 3.24. The van der Waals surface area contributed by atoms with E-state index in [2.05, 4.69) is 0 Å². The molecule has 0 saturated heterocycles. The van der Waals surface area contributed by atoms with Gasteiger partial charge in [0.15, 0.2) is 5.43 Å². The molecule has 6 heteroatoms. The number of amides is 1. The largest absolute Gasteiger partial charge is 0.450 e. The molecule has 1 aliphatic heterocycles. The van der Waals surface area contributed by atoms with Gasteiger partial charge in [-0.1, -0.05) is 12.1 Å². The van der Waals surface area contributed by atoms with E-state index in [-0.39, 0.29) is 22.9 Å². The van der Waals surface area contributed by atoms with Crippen LogP contribution in [-0.4, -0.2) is 42.9 Å². The molecule has 0 spiro atoms. The maximum absolute atomic E-state index is 13.5. The van der Waals surface area contributed by atoms with Crippen LogP contribution < -0.4 is 5.43 Å². The molecule has 1 aromatic heterocycles. The Morgan fingerprint density at radius 1 is 1.07 bits per heavy atom. The highest BCUT2D eigenvalue weighted by Gasteiger charge is 2.42. The van der Waals surface area contributed by atoms with Gasteiger partial charge < -0.3 is 14.2 Å². The fraction of sp³-hybridized carbons (Fsp3) is 0.333. The first-order chi connectivity index (χ1) is 14.3. The molecule has 1 atom stereocenters. The van der Waals surface area contributed by atoms with Crippen LogP contribution in [0, 0.1) is 19.7 Å². The van der Waals surface area contributed by atoms with Crippen LogP contribution in [0.1, 0.15) is 45.3 Å². The quantitative estimate of drug-likeness (QED) is 0.639. The number of fused-ring (bicyclic) bond motifs is 2. The fourth-order valence-corrected chi connectivity index (χ4v) is 4.06. The van der Waals surface area contributed by atoms with E-state index in [1.54, 1.807) is 23.1 Å². The first-order valence-corrected chi connectivity index (χ1v) is 10.1. The van der Waals surface area contributed by atoms with Gasteiger partial charge in [-0.2, -0.15) is 0 Å². The predicted molar refractivity (Wildman–Crippen MR) is 114 cm³/mol. The third-order valence-corrected chi connectivity index (χ3v) is 5.77. The van der Waals surface area contributed by atoms with Gasteiger partial charge in [0.1, 0.15) is 11.4 Å². The number of carbonyl (C=O) groups excluding carboxylic acids is 1. The van der Waals surface area contributed by atoms with Crippen LogP contribution in [0.5, 0.6) is 0 Å². The summed E-state index contributed by atoms with van der Waals surface area (Å²) >= 11 is 0. The zero-order valence-corrected chi connectivity index (χ0v) is 17.7. The van der Waals surface area contributed by atoms with Crippen LogP contribution in [0.25, 0.3) is 11.0 Å². The lowest BCUT2D eigenvalue weighted by Crippen LogP contribution is -2.32. The molecule has 30 heavy (non-hydrogen) atoms. The van der Waals surface area contributed by atoms with Crippen LogP contribution in [0.15, 0.2) is 45.6 Å². The predicted octanol–water partition coefficient (Wildman–Crippen LogP) is 4.05. The number of rotatable bonds is 5. The first kappa shape index (κ1) is 20.3. The third-order valence-electron chi connectivity index (χ3n) is 5.77. The highest BCUT2D eigenvalue weighted by atomic mass is 19.1. The van der Waals surface area contributed by atoms with E-state index in [1.807, 2.05) is 38.9 Å². The van der Waals surface area contributed by atoms with Crippen molar-refractivity contribution in [2.75, 3.05) is 27.2 Å². The van der Waals surface area contributed by atoms with Gasteiger partial charge in [-0.3, -0.25) is 9.59 Å². The summed E-state index contributed by atoms with van der Waals surface area (Å²) in [5.74, 6) is -0.565. The second-order valence-electron chi connectivity index (χ2n) is 8.22. The number of nitrogens with zero attached hydrogens (tertiary/aromatic N) is 2. The van der Waals surface area contributed by atoms with E-state index < -0.39 is 6.04 Å². The van der Waals surface area contributed by atoms with Crippen LogP contribution in [-0.2, 0) is 0 Å². The van der Waals surface area contributed by atoms with Crippen LogP contribution >= 0.6 is 0 Å². The molecule has 0 unspecified atom stereocenters. The number of benzene rings is 2. The van der Waals surface area contributed by atoms with Gasteiger partial charge in [0.2, 0.25) is 5.76 Å². The topological polar surface area (TPSA) is 53.8 Å². The number of hydrogen-bond donors (Lipinski definition) is 0. The Hall–Kier alpha value is -2.99. The van der Waals surface area contributed by atoms with Crippen molar-refractivity contribution < 1.29 is 13.6 Å². The molecule has 0 saturated carbocycles. The molecule has 1 aliphatic rings. The minimum Gasteiger partial charge on any atom is -0.450 e. The maximum Gasteiger partial charge on any atom is 0.290 e. The lowest BCUT2D eigenvalue weighted by molar-refractivity contribution is 0.0722. The average molecular weight is 408 g/mol. The normalized spacial score (nSPS) is 16.0. The molecular formula is C24H25FN2O3. The van der Waals surface area contributed by atoms with Crippen LogP contribution in [0.2, 0.25) is 0 Å². The van der Waals surface area contributed by atoms with Gasteiger partial charge in [-0.15, -0.1) is 0 Å². The molecule has 0 radical (unpaired) electrons. The first-order valence-electron chi connectivity index (χ1n) is 10.1. The van der Waals surface area contributed by atoms with E-state index in [4.69, 9.17) is 4.42 Å². The number of hydrogen-bond acceptors (Lipinski definition) is 4. The van der Waals surface area contributed by atoms with Crippen molar-refractivity contribution in [3.8, 4) is 0 Å². The molecule has 4 rings (SSSR count). The highest BCUT2D eigenvalue weighted by molar-refractivity contribution is 5.99. The Kier molecular flexibility index (Phi) is 5.20. The van der Waals surface area contributed by atoms with E-state index in [1.165, 1.54) is 12.1 Å². The summed E-state index contributed by atoms with van der Waals surface area (Å²) in [6.45, 7) is 5.16. The lowest BCUT2D eigenvalue weighted by Gasteiger charge is -2.25. The van der Waals surface area contributed by atoms with E-state index in [0.29, 0.717) is 28.6 Å². The molecular weight excluding hydrogens is 383 g/mol. The average Bonchev–Trinajstić information content (AvgIpc) is 2.97. The van der Waals surface area contributed by atoms with Gasteiger partial charge >= 0.3 is 0 Å². The number of carbonyl (C=O) groups is 1. The molecule has 0 aliphatic carbocycles. The summed E-state index contributed by atoms with van der Waals surface area (Å²) in [4.78, 5) is 30.5. The van der Waals surface area contributed by atoms with Crippen molar-refractivity contribution in [3.05, 3.63) is 80.5 Å². The van der Waals surface area contributed by atoms with Crippen molar-refractivity contribution >= 4 is 16.9 Å². The number of aryl methyl sites for hydroxylation is 2. The van der Waals surface area contributed by atoms with E-state index in [0.717, 1.165) is 24.1 Å². The minimum atomic E-state index is -0.586. The third kappa shape index (κ3) is 3.41. The van der Waals surface area contributed by atoms with Gasteiger partial charge in [0.25, 0.3) is 5.91 Å². The molecule has 0 N–H and O–H groups in total. The standard InChI is InChI=1S/C24H25FN2O3/c1-14-12-18-19(13-15(14)2)30-23-20(22(18)28)21(16-6-8-17(25)9-7-16)27(24(23)29)11-5-10-26(3)4/h6-9,12-13,21H,5,10-11H2,1-4H3/t21-/m0/s1. The Balaban J connectivity index is 1.90. The summed E-state index contributed by atoms with van der Waals surface area (Å²) in [6.07, 6.45) is 0.746. The second-order valence-corrected chi connectivity index (χ2v) is 8.22. The van der Waals surface area contributed by atoms with Crippen molar-refractivity contribution in [2.24, 2.45) is 0 Å². The molecule has 5 nitrogen and oxygen atoms in total. The molecule has 3 aromatic rings. The SMILES string of the molecule is Cc1cc2oc3c(c(=O)c2cc1C)[C@H](c1ccc(F)cc1)N(CCCN(C)C)C3=O. The lowest BCUT2D eigenvalue weighted by atomic mass is 9.97. The molecule has 2 aromatic carbocycles. The second kappa shape index (κ2) is 7.69. The monoisotopic (exact) mass is 408 g/mol. The summed E-state index contributed by atoms with van der Waals surface area (Å²) in [7, 11) is 3.95. The molecule has 0 bridgehead atoms. The Morgan fingerprint density at radius 2 is 1.73 bits per heavy atom. The van der Waals surface area contributed by atoms with Crippen LogP contribution in [0.4, 0.5) is 4.39 Å². The minimum absolute atomic E-state index is 0.0925. The maximum atomic E-state index is 13.5. The van der Waals surface area contributed by atoms with Gasteiger partial charge in [-0.05, 0) is 81.9 Å². The van der Waals surface area contributed by atoms with Crippen molar-refractivity contribution in [1.29, 1.82) is 0 Å². The zero-order chi connectivity index (χ0) is 21.6. The fourth-order valence-electron chi connectivity index (χ4n) is 4.06. The van der Waals surface area contributed by atoms with Crippen molar-refractivity contribution in [3.63, 3.8) is 0 Å². The molecule has 1 amide bonds. The molecule has 2 heterocycles. The van der Waals surface area contributed by atoms with Gasteiger partial charge in [0, 0.05) is 6.54 Å². The van der Waals surface area contributed by atoms with Crippen molar-refractivity contribution in [2.45, 2.75) is 26.3 Å². The van der Waals surface area contributed by atoms with E-state index in [9.17, 15) is 14.0 Å². The number of halogens is 1. The Morgan fingerprint density at radius 3 is 2.40 bits per heavy atom. The summed E-state index contributed by atoms with van der Waals surface area (Å²) < 4.78 is 19.5. The molecule has 156 valence electrons. The van der Waals surface area contributed by atoms with Crippen LogP contribution in [0.3, 0.4) is 0 Å². The van der Waals surface area contributed by atoms with Gasteiger partial charge in [0.05, 0.1) is 17.0 Å². The summed E-state index contributed by atoms with van der Waals surface area (Å²) in [5, 5.41) is 0.465. The van der Waals surface area contributed by atoms with Gasteiger partial charge in [-0.25, -0.2) is 4.39 Å². The Labute approximate surface area is 174 Å². The van der Waals surface area contributed by atoms with Crippen molar-refractivity contribution in [1.82, 2.24) is 9.80 Å². The summed E-state index contributed by atoms with van der Waals surface area (Å²) in [6, 6.07) is 9.01. The van der Waals surface area contributed by atoms with E-state index >= 15 is 0 Å². The smallest absolute Gasteiger partial charge is 0.290 e. The zero-order valence-electron chi connectivity index (χ0n) is 17.7. The molecule has 0 fully saturated rings. The Bertz CT molecular complexity index is 1180.